The molecule has 6 nitrogen and oxygen atoms in total. The maximum Gasteiger partial charge on any atom is 0.262 e. The molecule has 0 atom stereocenters. The van der Waals surface area contributed by atoms with E-state index in [1.807, 2.05) is 36.6 Å². The lowest BCUT2D eigenvalue weighted by Gasteiger charge is -2.22. The third-order valence-corrected chi connectivity index (χ3v) is 5.54. The lowest BCUT2D eigenvalue weighted by Crippen LogP contribution is -2.30. The van der Waals surface area contributed by atoms with Crippen LogP contribution in [0.15, 0.2) is 70.1 Å². The maximum atomic E-state index is 13.4. The molecule has 0 spiro atoms. The van der Waals surface area contributed by atoms with Gasteiger partial charge >= 0.3 is 0 Å². The Balaban J connectivity index is 1.33. The van der Waals surface area contributed by atoms with Crippen molar-refractivity contribution in [1.82, 2.24) is 19.6 Å². The first-order chi connectivity index (χ1) is 14.6. The number of allylic oxidation sites excluding steroid dienone is 2. The van der Waals surface area contributed by atoms with Gasteiger partial charge in [0.25, 0.3) is 5.56 Å². The fourth-order valence-electron chi connectivity index (χ4n) is 3.62. The minimum Gasteiger partial charge on any atom is -0.372 e. The molecule has 1 aliphatic rings. The Morgan fingerprint density at radius 1 is 1.17 bits per heavy atom. The molecule has 3 heterocycles. The quantitative estimate of drug-likeness (QED) is 0.500. The zero-order chi connectivity index (χ0) is 20.7. The van der Waals surface area contributed by atoms with Crippen LogP contribution in [0.4, 0.5) is 4.39 Å². The van der Waals surface area contributed by atoms with Gasteiger partial charge in [-0.15, -0.1) is 0 Å². The fraction of sp³-hybridized carbons (Fsp3) is 0.136. The number of nitrogens with zero attached hydrogens (tertiary/aromatic N) is 3. The number of aromatic amines is 1. The third-order valence-electron chi connectivity index (χ3n) is 5.22. The van der Waals surface area contributed by atoms with Crippen molar-refractivity contribution in [2.24, 2.45) is 0 Å². The van der Waals surface area contributed by atoms with Crippen molar-refractivity contribution in [1.29, 1.82) is 0 Å². The van der Waals surface area contributed by atoms with Crippen molar-refractivity contribution in [3.8, 4) is 0 Å². The van der Waals surface area contributed by atoms with Gasteiger partial charge in [0.05, 0.1) is 10.9 Å². The molecule has 5 rings (SSSR count). The third kappa shape index (κ3) is 3.25. The number of H-pyrrole nitrogens is 1. The van der Waals surface area contributed by atoms with Gasteiger partial charge in [-0.3, -0.25) is 9.36 Å². The molecule has 0 bridgehead atoms. The zero-order valence-electron chi connectivity index (χ0n) is 15.8. The van der Waals surface area contributed by atoms with Gasteiger partial charge in [0.2, 0.25) is 0 Å². The Kier molecular flexibility index (Phi) is 4.55. The topological polar surface area (TPSA) is 67.1 Å². The first-order valence-electron chi connectivity index (χ1n) is 9.50. The summed E-state index contributed by atoms with van der Waals surface area (Å²) >= 11 is 5.37. The van der Waals surface area contributed by atoms with E-state index in [1.165, 1.54) is 12.1 Å². The minimum atomic E-state index is -0.355. The molecule has 2 aromatic carbocycles. The monoisotopic (exact) mass is 420 g/mol. The summed E-state index contributed by atoms with van der Waals surface area (Å²) in [6, 6.07) is 11.7. The molecule has 0 saturated carbocycles. The summed E-state index contributed by atoms with van der Waals surface area (Å²) < 4.78 is 20.6. The molecule has 4 aromatic rings. The summed E-state index contributed by atoms with van der Waals surface area (Å²) in [4.78, 5) is 18.0. The second-order valence-electron chi connectivity index (χ2n) is 7.07. The van der Waals surface area contributed by atoms with Crippen LogP contribution in [0.2, 0.25) is 0 Å². The molecule has 1 N–H and O–H groups in total. The summed E-state index contributed by atoms with van der Waals surface area (Å²) in [7, 11) is 0. The first kappa shape index (κ1) is 18.5. The van der Waals surface area contributed by atoms with Gasteiger partial charge < -0.3 is 14.4 Å². The van der Waals surface area contributed by atoms with Crippen molar-refractivity contribution in [2.45, 2.75) is 6.54 Å². The highest BCUT2D eigenvalue weighted by Gasteiger charge is 2.15. The Morgan fingerprint density at radius 3 is 2.87 bits per heavy atom. The highest BCUT2D eigenvalue weighted by molar-refractivity contribution is 7.71. The normalized spacial score (nSPS) is 13.9. The summed E-state index contributed by atoms with van der Waals surface area (Å²) in [6.45, 7) is 1.75. The van der Waals surface area contributed by atoms with Gasteiger partial charge in [-0.05, 0) is 42.6 Å². The average molecular weight is 420 g/mol. The first-order valence-corrected chi connectivity index (χ1v) is 9.90. The number of benzene rings is 2. The Morgan fingerprint density at radius 2 is 2.03 bits per heavy atom. The predicted octanol–water partition coefficient (Wildman–Crippen LogP) is 4.25. The van der Waals surface area contributed by atoms with Crippen LogP contribution in [0, 0.1) is 10.6 Å². The van der Waals surface area contributed by atoms with Gasteiger partial charge in [0.1, 0.15) is 11.5 Å². The van der Waals surface area contributed by atoms with Crippen molar-refractivity contribution in [3.63, 3.8) is 0 Å². The molecule has 2 aromatic heterocycles. The molecule has 1 aliphatic heterocycles. The molecule has 0 unspecified atom stereocenters. The Bertz CT molecular complexity index is 1450. The molecule has 30 heavy (non-hydrogen) atoms. The number of hydrogen-bond donors (Lipinski definition) is 1. The van der Waals surface area contributed by atoms with E-state index in [-0.39, 0.29) is 11.4 Å². The van der Waals surface area contributed by atoms with Crippen molar-refractivity contribution >= 4 is 39.7 Å². The second kappa shape index (κ2) is 7.38. The van der Waals surface area contributed by atoms with E-state index in [0.717, 1.165) is 16.5 Å². The SMILES string of the molecule is O=c1c2ccccc2[nH]c(=S)n1CCN1C=CC(c2noc3cc(F)ccc23)=CC1. The van der Waals surface area contributed by atoms with E-state index in [4.69, 9.17) is 16.7 Å². The van der Waals surface area contributed by atoms with Crippen LogP contribution in [0.1, 0.15) is 5.69 Å². The predicted molar refractivity (Wildman–Crippen MR) is 116 cm³/mol. The molecular weight excluding hydrogens is 403 g/mol. The summed E-state index contributed by atoms with van der Waals surface area (Å²) in [5.74, 6) is -0.355. The van der Waals surface area contributed by atoms with Crippen LogP contribution in [0.25, 0.3) is 27.4 Å². The number of fused-ring (bicyclic) bond motifs is 2. The van der Waals surface area contributed by atoms with Crippen LogP contribution in [-0.2, 0) is 6.54 Å². The summed E-state index contributed by atoms with van der Waals surface area (Å²) in [5, 5.41) is 5.48. The number of para-hydroxylation sites is 1. The van der Waals surface area contributed by atoms with Crippen LogP contribution in [0.5, 0.6) is 0 Å². The molecule has 0 aliphatic carbocycles. The zero-order valence-corrected chi connectivity index (χ0v) is 16.7. The van der Waals surface area contributed by atoms with Gasteiger partial charge in [0, 0.05) is 42.9 Å². The lowest BCUT2D eigenvalue weighted by atomic mass is 10.1. The van der Waals surface area contributed by atoms with E-state index in [2.05, 4.69) is 15.0 Å². The lowest BCUT2D eigenvalue weighted by molar-refractivity contribution is 0.382. The second-order valence-corrected chi connectivity index (χ2v) is 7.46. The summed E-state index contributed by atoms with van der Waals surface area (Å²) in [6.07, 6.45) is 5.93. The minimum absolute atomic E-state index is 0.0899. The van der Waals surface area contributed by atoms with Crippen LogP contribution in [-0.4, -0.2) is 32.7 Å². The Labute approximate surface area is 175 Å². The van der Waals surface area contributed by atoms with Gasteiger partial charge in [-0.1, -0.05) is 23.4 Å². The Hall–Kier alpha value is -3.52. The van der Waals surface area contributed by atoms with Crippen LogP contribution >= 0.6 is 12.2 Å². The van der Waals surface area contributed by atoms with Crippen LogP contribution in [0.3, 0.4) is 0 Å². The van der Waals surface area contributed by atoms with Crippen LogP contribution < -0.4 is 5.56 Å². The molecule has 0 radical (unpaired) electrons. The molecule has 8 heteroatoms. The van der Waals surface area contributed by atoms with E-state index in [1.54, 1.807) is 16.7 Å². The van der Waals surface area contributed by atoms with Crippen molar-refractivity contribution in [2.75, 3.05) is 13.1 Å². The number of rotatable bonds is 4. The van der Waals surface area contributed by atoms with E-state index < -0.39 is 0 Å². The standard InChI is InChI=1S/C22H17FN4O2S/c23-15-5-6-17-19(13-15)29-25-20(17)14-7-9-26(10-8-14)11-12-27-21(28)16-3-1-2-4-18(16)24-22(27)30/h1-9,13H,10-12H2,(H,24,30). The van der Waals surface area contributed by atoms with Gasteiger partial charge in [-0.2, -0.15) is 0 Å². The summed E-state index contributed by atoms with van der Waals surface area (Å²) in [5.41, 5.74) is 2.68. The molecule has 0 saturated heterocycles. The molecule has 0 fully saturated rings. The average Bonchev–Trinajstić information content (AvgIpc) is 3.17. The molecule has 0 amide bonds. The molecular formula is C22H17FN4O2S. The van der Waals surface area contributed by atoms with Crippen molar-refractivity contribution in [3.05, 3.63) is 87.5 Å². The smallest absolute Gasteiger partial charge is 0.262 e. The fourth-order valence-corrected chi connectivity index (χ4v) is 3.91. The highest BCUT2D eigenvalue weighted by atomic mass is 32.1. The largest absolute Gasteiger partial charge is 0.372 e. The van der Waals surface area contributed by atoms with Crippen molar-refractivity contribution < 1.29 is 8.91 Å². The highest BCUT2D eigenvalue weighted by Crippen LogP contribution is 2.27. The number of aromatic nitrogens is 3. The number of nitrogens with one attached hydrogen (secondary N) is 1. The number of halogens is 1. The van der Waals surface area contributed by atoms with Gasteiger partial charge in [0.15, 0.2) is 10.4 Å². The van der Waals surface area contributed by atoms with E-state index >= 15 is 0 Å². The van der Waals surface area contributed by atoms with E-state index in [9.17, 15) is 9.18 Å². The van der Waals surface area contributed by atoms with Gasteiger partial charge in [-0.25, -0.2) is 4.39 Å². The maximum absolute atomic E-state index is 13.4. The van der Waals surface area contributed by atoms with E-state index in [0.29, 0.717) is 41.1 Å². The molecule has 150 valence electrons. The number of hydrogen-bond acceptors (Lipinski definition) is 5.